The largest absolute Gasteiger partial charge is 0.351 e. The second kappa shape index (κ2) is 6.16. The van der Waals surface area contributed by atoms with Gasteiger partial charge in [-0.25, -0.2) is 4.79 Å². The Balaban J connectivity index is 1.85. The first-order valence-corrected chi connectivity index (χ1v) is 8.02. The first kappa shape index (κ1) is 15.2. The normalized spacial score (nSPS) is 24.8. The first-order chi connectivity index (χ1) is 10.6. The number of halogens is 1. The van der Waals surface area contributed by atoms with Crippen LogP contribution in [-0.2, 0) is 4.79 Å². The minimum Gasteiger partial charge on any atom is -0.351 e. The second-order valence-electron chi connectivity index (χ2n) is 6.04. The number of benzene rings is 1. The number of urea groups is 1. The fourth-order valence-electron chi connectivity index (χ4n) is 3.45. The summed E-state index contributed by atoms with van der Waals surface area (Å²) in [5.41, 5.74) is 6.45. The van der Waals surface area contributed by atoms with Crippen molar-refractivity contribution in [2.75, 3.05) is 26.2 Å². The van der Waals surface area contributed by atoms with Crippen LogP contribution in [0.2, 0.25) is 5.02 Å². The molecule has 2 fully saturated rings. The van der Waals surface area contributed by atoms with E-state index in [2.05, 4.69) is 0 Å². The maximum absolute atomic E-state index is 12.8. The molecule has 1 aromatic carbocycles. The molecule has 2 N–H and O–H groups in total. The van der Waals surface area contributed by atoms with Gasteiger partial charge >= 0.3 is 6.03 Å². The Bertz CT molecular complexity index is 569. The molecule has 22 heavy (non-hydrogen) atoms. The molecule has 0 aromatic heterocycles. The molecule has 2 aliphatic heterocycles. The van der Waals surface area contributed by atoms with Gasteiger partial charge in [-0.2, -0.15) is 0 Å². The lowest BCUT2D eigenvalue weighted by Gasteiger charge is -2.23. The maximum atomic E-state index is 12.8. The van der Waals surface area contributed by atoms with Crippen LogP contribution in [0.15, 0.2) is 24.3 Å². The summed E-state index contributed by atoms with van der Waals surface area (Å²) in [5, 5.41) is 0.663. The lowest BCUT2D eigenvalue weighted by atomic mass is 9.88. The number of rotatable bonds is 2. The van der Waals surface area contributed by atoms with E-state index < -0.39 is 6.03 Å². The Morgan fingerprint density at radius 1 is 1.05 bits per heavy atom. The van der Waals surface area contributed by atoms with E-state index in [0.717, 1.165) is 31.5 Å². The summed E-state index contributed by atoms with van der Waals surface area (Å²) < 4.78 is 0. The van der Waals surface area contributed by atoms with Gasteiger partial charge in [0.15, 0.2) is 0 Å². The molecular weight excluding hydrogens is 302 g/mol. The molecule has 118 valence electrons. The Kier molecular flexibility index (Phi) is 4.25. The van der Waals surface area contributed by atoms with E-state index in [-0.39, 0.29) is 17.7 Å². The van der Waals surface area contributed by atoms with Crippen molar-refractivity contribution < 1.29 is 9.59 Å². The summed E-state index contributed by atoms with van der Waals surface area (Å²) in [7, 11) is 0. The Morgan fingerprint density at radius 2 is 1.68 bits per heavy atom. The number of hydrogen-bond donors (Lipinski definition) is 1. The van der Waals surface area contributed by atoms with E-state index in [4.69, 9.17) is 17.3 Å². The highest BCUT2D eigenvalue weighted by atomic mass is 35.5. The highest BCUT2D eigenvalue weighted by molar-refractivity contribution is 6.30. The van der Waals surface area contributed by atoms with Gasteiger partial charge in [0.05, 0.1) is 5.92 Å². The van der Waals surface area contributed by atoms with E-state index in [9.17, 15) is 9.59 Å². The van der Waals surface area contributed by atoms with Crippen LogP contribution in [0.5, 0.6) is 0 Å². The fourth-order valence-corrected chi connectivity index (χ4v) is 3.58. The van der Waals surface area contributed by atoms with E-state index in [1.807, 2.05) is 29.2 Å². The molecule has 0 unspecified atom stereocenters. The Labute approximate surface area is 135 Å². The van der Waals surface area contributed by atoms with Gasteiger partial charge in [-0.3, -0.25) is 4.79 Å². The molecule has 2 saturated heterocycles. The molecule has 0 saturated carbocycles. The van der Waals surface area contributed by atoms with Crippen LogP contribution < -0.4 is 5.73 Å². The number of likely N-dealkylation sites (tertiary alicyclic amines) is 2. The number of nitrogens with zero attached hydrogens (tertiary/aromatic N) is 2. The fraction of sp³-hybridized carbons (Fsp3) is 0.500. The van der Waals surface area contributed by atoms with Gasteiger partial charge in [0, 0.05) is 37.1 Å². The van der Waals surface area contributed by atoms with E-state index in [1.54, 1.807) is 4.90 Å². The van der Waals surface area contributed by atoms with E-state index >= 15 is 0 Å². The zero-order valence-electron chi connectivity index (χ0n) is 12.4. The zero-order chi connectivity index (χ0) is 15.7. The summed E-state index contributed by atoms with van der Waals surface area (Å²) in [6.07, 6.45) is 2.12. The van der Waals surface area contributed by atoms with Crippen LogP contribution >= 0.6 is 11.6 Å². The van der Waals surface area contributed by atoms with Crippen molar-refractivity contribution in [2.45, 2.75) is 18.8 Å². The van der Waals surface area contributed by atoms with Gasteiger partial charge in [-0.15, -0.1) is 0 Å². The highest BCUT2D eigenvalue weighted by Crippen LogP contribution is 2.35. The Hall–Kier alpha value is -1.75. The molecule has 3 amide bonds. The third kappa shape index (κ3) is 2.90. The van der Waals surface area contributed by atoms with Crippen molar-refractivity contribution in [2.24, 2.45) is 11.7 Å². The van der Waals surface area contributed by atoms with Crippen LogP contribution in [0, 0.1) is 5.92 Å². The minimum atomic E-state index is -0.462. The molecule has 0 spiro atoms. The molecular formula is C16H20ClN3O2. The molecule has 2 aliphatic rings. The molecule has 2 atom stereocenters. The molecule has 0 aliphatic carbocycles. The summed E-state index contributed by atoms with van der Waals surface area (Å²) in [4.78, 5) is 27.8. The SMILES string of the molecule is NC(=O)N1C[C@@H](C(=O)N2CCCC2)[C@H](c2ccc(Cl)cc2)C1. The van der Waals surface area contributed by atoms with Crippen molar-refractivity contribution in [1.29, 1.82) is 0 Å². The van der Waals surface area contributed by atoms with Crippen molar-refractivity contribution in [3.8, 4) is 0 Å². The number of carbonyl (C=O) groups is 2. The predicted molar refractivity (Wildman–Crippen MR) is 84.7 cm³/mol. The lowest BCUT2D eigenvalue weighted by molar-refractivity contribution is -0.134. The quantitative estimate of drug-likeness (QED) is 0.906. The van der Waals surface area contributed by atoms with E-state index in [1.165, 1.54) is 0 Å². The average molecular weight is 322 g/mol. The summed E-state index contributed by atoms with van der Waals surface area (Å²) in [6, 6.07) is 7.04. The number of primary amides is 1. The molecule has 0 bridgehead atoms. The van der Waals surface area contributed by atoms with Gasteiger partial charge in [0.25, 0.3) is 0 Å². The summed E-state index contributed by atoms with van der Waals surface area (Å²) >= 11 is 5.94. The molecule has 1 aromatic rings. The molecule has 2 heterocycles. The predicted octanol–water partition coefficient (Wildman–Crippen LogP) is 2.06. The molecule has 6 heteroatoms. The van der Waals surface area contributed by atoms with Crippen LogP contribution in [-0.4, -0.2) is 47.9 Å². The maximum Gasteiger partial charge on any atom is 0.314 e. The van der Waals surface area contributed by atoms with Crippen LogP contribution in [0.1, 0.15) is 24.3 Å². The van der Waals surface area contributed by atoms with E-state index in [0.29, 0.717) is 18.1 Å². The standard InChI is InChI=1S/C16H20ClN3O2/c17-12-5-3-11(4-6-12)13-9-20(16(18)22)10-14(13)15(21)19-7-1-2-8-19/h3-6,13-14H,1-2,7-10H2,(H2,18,22)/t13-,14+/m0/s1. The van der Waals surface area contributed by atoms with Crippen molar-refractivity contribution in [3.05, 3.63) is 34.9 Å². The highest BCUT2D eigenvalue weighted by Gasteiger charge is 2.41. The van der Waals surface area contributed by atoms with Crippen LogP contribution in [0.3, 0.4) is 0 Å². The van der Waals surface area contributed by atoms with Gasteiger partial charge in [-0.05, 0) is 30.5 Å². The van der Waals surface area contributed by atoms with Crippen LogP contribution in [0.4, 0.5) is 4.79 Å². The first-order valence-electron chi connectivity index (χ1n) is 7.65. The lowest BCUT2D eigenvalue weighted by Crippen LogP contribution is -2.38. The third-order valence-corrected chi connectivity index (χ3v) is 4.92. The minimum absolute atomic E-state index is 0.0159. The third-order valence-electron chi connectivity index (χ3n) is 4.66. The van der Waals surface area contributed by atoms with Gasteiger partial charge in [0.1, 0.15) is 0 Å². The monoisotopic (exact) mass is 321 g/mol. The zero-order valence-corrected chi connectivity index (χ0v) is 13.1. The summed E-state index contributed by atoms with van der Waals surface area (Å²) in [6.45, 7) is 2.53. The second-order valence-corrected chi connectivity index (χ2v) is 6.48. The average Bonchev–Trinajstić information content (AvgIpc) is 3.17. The number of nitrogens with two attached hydrogens (primary N) is 1. The molecule has 5 nitrogen and oxygen atoms in total. The smallest absolute Gasteiger partial charge is 0.314 e. The van der Waals surface area contributed by atoms with Crippen molar-refractivity contribution in [1.82, 2.24) is 9.80 Å². The number of carbonyl (C=O) groups excluding carboxylic acids is 2. The van der Waals surface area contributed by atoms with Crippen LogP contribution in [0.25, 0.3) is 0 Å². The Morgan fingerprint density at radius 3 is 2.27 bits per heavy atom. The van der Waals surface area contributed by atoms with Gasteiger partial charge in [0.2, 0.25) is 5.91 Å². The van der Waals surface area contributed by atoms with Gasteiger partial charge < -0.3 is 15.5 Å². The number of hydrogen-bond acceptors (Lipinski definition) is 2. The van der Waals surface area contributed by atoms with Crippen molar-refractivity contribution in [3.63, 3.8) is 0 Å². The molecule has 3 rings (SSSR count). The topological polar surface area (TPSA) is 66.6 Å². The number of amides is 3. The molecule has 0 radical (unpaired) electrons. The van der Waals surface area contributed by atoms with Gasteiger partial charge in [-0.1, -0.05) is 23.7 Å². The summed E-state index contributed by atoms with van der Waals surface area (Å²) in [5.74, 6) is -0.0918. The van der Waals surface area contributed by atoms with Crippen molar-refractivity contribution >= 4 is 23.5 Å².